The molecule has 0 saturated carbocycles. The van der Waals surface area contributed by atoms with Gasteiger partial charge in [-0.3, -0.25) is 0 Å². The van der Waals surface area contributed by atoms with Crippen molar-refractivity contribution in [2.45, 2.75) is 41.0 Å². The molecule has 1 aliphatic rings. The molecule has 0 atom stereocenters. The molecular weight excluding hydrogens is 360 g/mol. The molecule has 0 N–H and O–H groups in total. The molecule has 3 aromatic carbocycles. The molecule has 0 radical (unpaired) electrons. The monoisotopic (exact) mass is 394 g/mol. The topological polar surface area (TPSA) is 0 Å². The number of rotatable bonds is 4. The van der Waals surface area contributed by atoms with E-state index in [1.54, 1.807) is 0 Å². The molecular formula is C30H34. The molecule has 0 bridgehead atoms. The molecule has 0 aromatic heterocycles. The van der Waals surface area contributed by atoms with E-state index in [9.17, 15) is 0 Å². The van der Waals surface area contributed by atoms with Crippen molar-refractivity contribution >= 4 is 11.1 Å². The molecule has 0 aliphatic heterocycles. The summed E-state index contributed by atoms with van der Waals surface area (Å²) in [5, 5.41) is 0. The minimum atomic E-state index is 0.980. The van der Waals surface area contributed by atoms with E-state index in [0.29, 0.717) is 0 Å². The Bertz CT molecular complexity index is 969. The average Bonchev–Trinajstić information content (AvgIpc) is 3.16. The number of fused-ring (bicyclic) bond motifs is 3. The molecule has 0 heterocycles. The smallest absolute Gasteiger partial charge is 0.00145 e. The van der Waals surface area contributed by atoms with Gasteiger partial charge in [-0.25, -0.2) is 0 Å². The van der Waals surface area contributed by atoms with E-state index in [0.717, 1.165) is 6.42 Å². The largest absolute Gasteiger partial charge is 0.0985 e. The van der Waals surface area contributed by atoms with Crippen LogP contribution in [0.25, 0.3) is 22.3 Å². The lowest BCUT2D eigenvalue weighted by atomic mass is 9.87. The Kier molecular flexibility index (Phi) is 9.09. The third-order valence-corrected chi connectivity index (χ3v) is 4.93. The summed E-state index contributed by atoms with van der Waals surface area (Å²) < 4.78 is 0. The van der Waals surface area contributed by atoms with Gasteiger partial charge in [0, 0.05) is 0 Å². The Labute approximate surface area is 183 Å². The van der Waals surface area contributed by atoms with Gasteiger partial charge in [0.05, 0.1) is 0 Å². The molecule has 0 fully saturated rings. The highest BCUT2D eigenvalue weighted by molar-refractivity contribution is 6.13. The normalized spacial score (nSPS) is 11.2. The van der Waals surface area contributed by atoms with Crippen LogP contribution in [-0.2, 0) is 0 Å². The Morgan fingerprint density at radius 2 is 1.10 bits per heavy atom. The van der Waals surface area contributed by atoms with Crippen LogP contribution in [0.3, 0.4) is 0 Å². The zero-order valence-corrected chi connectivity index (χ0v) is 19.1. The van der Waals surface area contributed by atoms with Crippen LogP contribution in [0.4, 0.5) is 0 Å². The van der Waals surface area contributed by atoms with Crippen LogP contribution in [0.5, 0.6) is 0 Å². The van der Waals surface area contributed by atoms with Gasteiger partial charge in [-0.2, -0.15) is 0 Å². The van der Waals surface area contributed by atoms with E-state index in [1.165, 1.54) is 44.5 Å². The minimum absolute atomic E-state index is 0.980. The van der Waals surface area contributed by atoms with Gasteiger partial charge in [-0.1, -0.05) is 132 Å². The Balaban J connectivity index is 0.000000757. The van der Waals surface area contributed by atoms with Gasteiger partial charge in [0.2, 0.25) is 0 Å². The van der Waals surface area contributed by atoms with Crippen LogP contribution in [-0.4, -0.2) is 0 Å². The second-order valence-corrected chi connectivity index (χ2v) is 6.48. The molecule has 0 spiro atoms. The van der Waals surface area contributed by atoms with E-state index in [1.807, 2.05) is 33.8 Å². The van der Waals surface area contributed by atoms with Crippen molar-refractivity contribution in [3.63, 3.8) is 0 Å². The first kappa shape index (κ1) is 23.2. The average molecular weight is 395 g/mol. The van der Waals surface area contributed by atoms with E-state index in [4.69, 9.17) is 0 Å². The Morgan fingerprint density at radius 3 is 1.53 bits per heavy atom. The third kappa shape index (κ3) is 4.54. The second-order valence-electron chi connectivity index (χ2n) is 6.48. The first-order valence-electron chi connectivity index (χ1n) is 11.2. The lowest BCUT2D eigenvalue weighted by Gasteiger charge is -2.16. The molecule has 0 nitrogen and oxygen atoms in total. The zero-order valence-electron chi connectivity index (χ0n) is 19.1. The number of allylic oxidation sites excluding steroid dienone is 4. The van der Waals surface area contributed by atoms with Crippen molar-refractivity contribution in [3.8, 4) is 11.1 Å². The van der Waals surface area contributed by atoms with Gasteiger partial charge in [0.25, 0.3) is 0 Å². The van der Waals surface area contributed by atoms with Crippen molar-refractivity contribution in [2.24, 2.45) is 0 Å². The predicted molar refractivity (Wildman–Crippen MR) is 136 cm³/mol. The maximum absolute atomic E-state index is 4.11. The molecule has 30 heavy (non-hydrogen) atoms. The first-order valence-corrected chi connectivity index (χ1v) is 11.2. The number of hydrogen-bond donors (Lipinski definition) is 0. The van der Waals surface area contributed by atoms with Gasteiger partial charge < -0.3 is 0 Å². The quantitative estimate of drug-likeness (QED) is 0.303. The number of hydrogen-bond acceptors (Lipinski definition) is 0. The zero-order chi connectivity index (χ0) is 21.9. The summed E-state index contributed by atoms with van der Waals surface area (Å²) in [5.74, 6) is 0. The second kappa shape index (κ2) is 11.8. The SMILES string of the molecule is C=C/C(=C\CC)C(=C1c2ccccc2-c2ccccc21)c1ccccc1.CC.CC. The summed E-state index contributed by atoms with van der Waals surface area (Å²) >= 11 is 0. The fourth-order valence-electron chi connectivity index (χ4n) is 3.85. The van der Waals surface area contributed by atoms with Gasteiger partial charge in [0.1, 0.15) is 0 Å². The van der Waals surface area contributed by atoms with E-state index < -0.39 is 0 Å². The van der Waals surface area contributed by atoms with Gasteiger partial charge in [-0.15, -0.1) is 0 Å². The van der Waals surface area contributed by atoms with E-state index in [-0.39, 0.29) is 0 Å². The molecule has 154 valence electrons. The van der Waals surface area contributed by atoms with Gasteiger partial charge >= 0.3 is 0 Å². The summed E-state index contributed by atoms with van der Waals surface area (Å²) in [6.07, 6.45) is 5.24. The summed E-state index contributed by atoms with van der Waals surface area (Å²) in [5.41, 5.74) is 10.2. The molecule has 0 amide bonds. The Hall–Kier alpha value is -3.12. The van der Waals surface area contributed by atoms with Crippen LogP contribution in [0.15, 0.2) is 103 Å². The fraction of sp³-hybridized carbons (Fsp3) is 0.200. The van der Waals surface area contributed by atoms with Gasteiger partial charge in [-0.05, 0) is 51.0 Å². The maximum Gasteiger partial charge on any atom is -0.00145 e. The summed E-state index contributed by atoms with van der Waals surface area (Å²) in [6, 6.07) is 28.1. The van der Waals surface area contributed by atoms with Crippen molar-refractivity contribution in [1.82, 2.24) is 0 Å². The lowest BCUT2D eigenvalue weighted by molar-refractivity contribution is 1.21. The van der Waals surface area contributed by atoms with Crippen molar-refractivity contribution in [3.05, 3.63) is 120 Å². The summed E-state index contributed by atoms with van der Waals surface area (Å²) in [4.78, 5) is 0. The molecule has 1 aliphatic carbocycles. The molecule has 4 rings (SSSR count). The van der Waals surface area contributed by atoms with Gasteiger partial charge in [0.15, 0.2) is 0 Å². The lowest BCUT2D eigenvalue weighted by Crippen LogP contribution is -1.94. The first-order chi connectivity index (χ1) is 14.8. The van der Waals surface area contributed by atoms with Crippen LogP contribution >= 0.6 is 0 Å². The molecule has 3 aromatic rings. The van der Waals surface area contributed by atoms with Crippen LogP contribution in [0.1, 0.15) is 57.7 Å². The predicted octanol–water partition coefficient (Wildman–Crippen LogP) is 9.20. The third-order valence-electron chi connectivity index (χ3n) is 4.93. The highest BCUT2D eigenvalue weighted by atomic mass is 14.3. The number of benzene rings is 3. The van der Waals surface area contributed by atoms with Crippen molar-refractivity contribution < 1.29 is 0 Å². The standard InChI is InChI=1S/C26H22.2C2H6/c1-3-12-19(4-2)25(20-13-6-5-7-14-20)26-23-17-10-8-15-21(23)22-16-9-11-18-24(22)26;2*1-2/h4-18H,2-3H2,1H3;2*1-2H3/b19-12+;;. The molecule has 0 heteroatoms. The van der Waals surface area contributed by atoms with E-state index in [2.05, 4.69) is 98.4 Å². The highest BCUT2D eigenvalue weighted by Crippen LogP contribution is 2.48. The molecule has 0 saturated heterocycles. The fourth-order valence-corrected chi connectivity index (χ4v) is 3.85. The van der Waals surface area contributed by atoms with Crippen molar-refractivity contribution in [1.29, 1.82) is 0 Å². The maximum atomic E-state index is 4.11. The highest BCUT2D eigenvalue weighted by Gasteiger charge is 2.26. The van der Waals surface area contributed by atoms with E-state index >= 15 is 0 Å². The Morgan fingerprint density at radius 1 is 0.667 bits per heavy atom. The molecule has 0 unspecified atom stereocenters. The van der Waals surface area contributed by atoms with Crippen LogP contribution in [0, 0.1) is 0 Å². The summed E-state index contributed by atoms with van der Waals surface area (Å²) in [6.45, 7) is 14.3. The minimum Gasteiger partial charge on any atom is -0.0985 e. The van der Waals surface area contributed by atoms with Crippen LogP contribution < -0.4 is 0 Å². The van der Waals surface area contributed by atoms with Crippen molar-refractivity contribution in [2.75, 3.05) is 0 Å². The van der Waals surface area contributed by atoms with Crippen LogP contribution in [0.2, 0.25) is 0 Å². The summed E-state index contributed by atoms with van der Waals surface area (Å²) in [7, 11) is 0.